The molecule has 2 aliphatic carbocycles. The zero-order valence-corrected chi connectivity index (χ0v) is 18.8. The molecular formula is C26H30N2O5. The number of amides is 2. The number of carboxylic acid groups (broad SMARTS) is 1. The standard InChI is InChI=1S/C26H30N2O5/c1-16(24(29)27-14-17-7-6-12-18(17)25(30)31)13-28-26(32)33-15-23-21-10-4-2-8-19(21)20-9-3-5-11-22(20)23/h2-5,8-11,16-18,23H,6-7,12-15H2,1H3,(H,27,29)(H,28,32)(H,30,31)/t16?,17-,18-/m1/s1. The van der Waals surface area contributed by atoms with E-state index in [0.717, 1.165) is 24.0 Å². The van der Waals surface area contributed by atoms with Gasteiger partial charge in [0.2, 0.25) is 5.91 Å². The van der Waals surface area contributed by atoms with Crippen LogP contribution >= 0.6 is 0 Å². The SMILES string of the molecule is CC(CNC(=O)OCC1c2ccccc2-c2ccccc21)C(=O)NC[C@H]1CCC[C@H]1C(=O)O. The predicted molar refractivity (Wildman–Crippen MR) is 124 cm³/mol. The maximum atomic E-state index is 12.4. The Bertz CT molecular complexity index is 991. The summed E-state index contributed by atoms with van der Waals surface area (Å²) in [4.78, 5) is 36.0. The van der Waals surface area contributed by atoms with Crippen molar-refractivity contribution in [3.8, 4) is 11.1 Å². The molecule has 0 spiro atoms. The second kappa shape index (κ2) is 10.1. The molecule has 0 aromatic heterocycles. The molecule has 0 bridgehead atoms. The van der Waals surface area contributed by atoms with Crippen LogP contribution in [0.3, 0.4) is 0 Å². The van der Waals surface area contributed by atoms with Crippen molar-refractivity contribution in [2.24, 2.45) is 17.8 Å². The zero-order chi connectivity index (χ0) is 23.4. The van der Waals surface area contributed by atoms with E-state index in [2.05, 4.69) is 34.9 Å². The molecule has 7 heteroatoms. The predicted octanol–water partition coefficient (Wildman–Crippen LogP) is 3.78. The van der Waals surface area contributed by atoms with Gasteiger partial charge in [0.15, 0.2) is 0 Å². The van der Waals surface area contributed by atoms with Gasteiger partial charge >= 0.3 is 12.1 Å². The normalized spacial score (nSPS) is 19.9. The number of carbonyl (C=O) groups is 3. The molecule has 3 atom stereocenters. The number of ether oxygens (including phenoxy) is 1. The second-order valence-corrected chi connectivity index (χ2v) is 8.99. The van der Waals surface area contributed by atoms with Gasteiger partial charge in [-0.05, 0) is 41.0 Å². The van der Waals surface area contributed by atoms with Crippen molar-refractivity contribution >= 4 is 18.0 Å². The third kappa shape index (κ3) is 5.02. The summed E-state index contributed by atoms with van der Waals surface area (Å²) in [5, 5.41) is 14.8. The minimum absolute atomic E-state index is 0.0162. The van der Waals surface area contributed by atoms with Crippen molar-refractivity contribution in [3.63, 3.8) is 0 Å². The summed E-state index contributed by atoms with van der Waals surface area (Å²) in [5.41, 5.74) is 4.62. The van der Waals surface area contributed by atoms with Gasteiger partial charge in [-0.15, -0.1) is 0 Å². The fourth-order valence-corrected chi connectivity index (χ4v) is 4.99. The van der Waals surface area contributed by atoms with E-state index >= 15 is 0 Å². The molecule has 2 aliphatic rings. The highest BCUT2D eigenvalue weighted by Crippen LogP contribution is 2.44. The average Bonchev–Trinajstić information content (AvgIpc) is 3.42. The molecule has 1 unspecified atom stereocenters. The first kappa shape index (κ1) is 22.8. The third-order valence-corrected chi connectivity index (χ3v) is 6.86. The van der Waals surface area contributed by atoms with Gasteiger partial charge in [-0.2, -0.15) is 0 Å². The maximum absolute atomic E-state index is 12.4. The second-order valence-electron chi connectivity index (χ2n) is 8.99. The van der Waals surface area contributed by atoms with Crippen LogP contribution in [-0.2, 0) is 14.3 Å². The molecule has 0 saturated heterocycles. The van der Waals surface area contributed by atoms with Crippen LogP contribution in [0.5, 0.6) is 0 Å². The van der Waals surface area contributed by atoms with Crippen molar-refractivity contribution in [1.29, 1.82) is 0 Å². The Morgan fingerprint density at radius 2 is 1.64 bits per heavy atom. The zero-order valence-electron chi connectivity index (χ0n) is 18.8. The third-order valence-electron chi connectivity index (χ3n) is 6.86. The van der Waals surface area contributed by atoms with E-state index in [-0.39, 0.29) is 36.8 Å². The van der Waals surface area contributed by atoms with Gasteiger partial charge in [0, 0.05) is 19.0 Å². The van der Waals surface area contributed by atoms with Crippen LogP contribution < -0.4 is 10.6 Å². The lowest BCUT2D eigenvalue weighted by molar-refractivity contribution is -0.143. The van der Waals surface area contributed by atoms with E-state index in [9.17, 15) is 19.5 Å². The lowest BCUT2D eigenvalue weighted by Crippen LogP contribution is -2.40. The number of alkyl carbamates (subject to hydrolysis) is 1. The van der Waals surface area contributed by atoms with Gasteiger partial charge in [0.05, 0.1) is 11.8 Å². The van der Waals surface area contributed by atoms with Gasteiger partial charge in [-0.3, -0.25) is 9.59 Å². The summed E-state index contributed by atoms with van der Waals surface area (Å²) in [6, 6.07) is 16.3. The molecule has 0 heterocycles. The van der Waals surface area contributed by atoms with E-state index < -0.39 is 18.0 Å². The molecule has 2 aromatic rings. The molecule has 4 rings (SSSR count). The quantitative estimate of drug-likeness (QED) is 0.568. The molecule has 3 N–H and O–H groups in total. The fraction of sp³-hybridized carbons (Fsp3) is 0.423. The minimum atomic E-state index is -0.795. The smallest absolute Gasteiger partial charge is 0.407 e. The number of benzene rings is 2. The summed E-state index contributed by atoms with van der Waals surface area (Å²) in [5.74, 6) is -1.89. The fourth-order valence-electron chi connectivity index (χ4n) is 4.99. The topological polar surface area (TPSA) is 105 Å². The van der Waals surface area contributed by atoms with Gasteiger partial charge in [-0.1, -0.05) is 61.9 Å². The van der Waals surface area contributed by atoms with Crippen LogP contribution in [0, 0.1) is 17.8 Å². The number of nitrogens with one attached hydrogen (secondary N) is 2. The molecular weight excluding hydrogens is 420 g/mol. The Labute approximate surface area is 193 Å². The minimum Gasteiger partial charge on any atom is -0.481 e. The Morgan fingerprint density at radius 1 is 1.00 bits per heavy atom. The molecule has 174 valence electrons. The Kier molecular flexibility index (Phi) is 6.96. The number of fused-ring (bicyclic) bond motifs is 3. The van der Waals surface area contributed by atoms with Crippen LogP contribution in [0.4, 0.5) is 4.79 Å². The first-order chi connectivity index (χ1) is 16.0. The number of aliphatic carboxylic acids is 1. The summed E-state index contributed by atoms with van der Waals surface area (Å²) in [7, 11) is 0. The number of carbonyl (C=O) groups excluding carboxylic acids is 2. The van der Waals surface area contributed by atoms with Crippen molar-refractivity contribution < 1.29 is 24.2 Å². The molecule has 2 aromatic carbocycles. The summed E-state index contributed by atoms with van der Waals surface area (Å²) >= 11 is 0. The highest BCUT2D eigenvalue weighted by molar-refractivity contribution is 5.80. The maximum Gasteiger partial charge on any atom is 0.407 e. The van der Waals surface area contributed by atoms with Gasteiger partial charge in [0.25, 0.3) is 0 Å². The number of hydrogen-bond donors (Lipinski definition) is 3. The van der Waals surface area contributed by atoms with E-state index in [1.54, 1.807) is 6.92 Å². The molecule has 2 amide bonds. The highest BCUT2D eigenvalue weighted by atomic mass is 16.5. The monoisotopic (exact) mass is 450 g/mol. The molecule has 1 saturated carbocycles. The summed E-state index contributed by atoms with van der Waals surface area (Å²) in [6.45, 7) is 2.45. The first-order valence-corrected chi connectivity index (χ1v) is 11.5. The van der Waals surface area contributed by atoms with E-state index in [0.29, 0.717) is 13.0 Å². The van der Waals surface area contributed by atoms with E-state index in [1.165, 1.54) is 11.1 Å². The molecule has 0 aliphatic heterocycles. The Balaban J connectivity index is 1.24. The average molecular weight is 451 g/mol. The molecule has 0 radical (unpaired) electrons. The van der Waals surface area contributed by atoms with E-state index in [4.69, 9.17) is 4.74 Å². The van der Waals surface area contributed by atoms with Gasteiger partial charge in [0.1, 0.15) is 6.61 Å². The van der Waals surface area contributed by atoms with Crippen molar-refractivity contribution in [1.82, 2.24) is 10.6 Å². The lowest BCUT2D eigenvalue weighted by atomic mass is 9.96. The molecule has 7 nitrogen and oxygen atoms in total. The Morgan fingerprint density at radius 3 is 2.27 bits per heavy atom. The van der Waals surface area contributed by atoms with Crippen LogP contribution in [0.2, 0.25) is 0 Å². The molecule has 33 heavy (non-hydrogen) atoms. The lowest BCUT2D eigenvalue weighted by Gasteiger charge is -2.19. The van der Waals surface area contributed by atoms with Crippen LogP contribution in [0.15, 0.2) is 48.5 Å². The number of rotatable bonds is 8. The first-order valence-electron chi connectivity index (χ1n) is 11.5. The Hall–Kier alpha value is -3.35. The van der Waals surface area contributed by atoms with Crippen LogP contribution in [0.1, 0.15) is 43.2 Å². The highest BCUT2D eigenvalue weighted by Gasteiger charge is 2.33. The largest absolute Gasteiger partial charge is 0.481 e. The van der Waals surface area contributed by atoms with Crippen molar-refractivity contribution in [2.45, 2.75) is 32.1 Å². The summed E-state index contributed by atoms with van der Waals surface area (Å²) < 4.78 is 5.50. The van der Waals surface area contributed by atoms with Gasteiger partial charge in [-0.25, -0.2) is 4.79 Å². The van der Waals surface area contributed by atoms with Crippen LogP contribution in [-0.4, -0.2) is 42.8 Å². The van der Waals surface area contributed by atoms with Crippen LogP contribution in [0.25, 0.3) is 11.1 Å². The molecule has 1 fully saturated rings. The van der Waals surface area contributed by atoms with Crippen molar-refractivity contribution in [3.05, 3.63) is 59.7 Å². The van der Waals surface area contributed by atoms with E-state index in [1.807, 2.05) is 24.3 Å². The van der Waals surface area contributed by atoms with Gasteiger partial charge < -0.3 is 20.5 Å². The number of hydrogen-bond acceptors (Lipinski definition) is 4. The number of carboxylic acids is 1. The van der Waals surface area contributed by atoms with Crippen molar-refractivity contribution in [2.75, 3.05) is 19.7 Å². The summed E-state index contributed by atoms with van der Waals surface area (Å²) in [6.07, 6.45) is 1.78.